The zero-order valence-electron chi connectivity index (χ0n) is 13.6. The molecule has 0 saturated heterocycles. The monoisotopic (exact) mass is 379 g/mol. The first kappa shape index (κ1) is 16.6. The normalized spacial score (nSPS) is 11.3. The summed E-state index contributed by atoms with van der Waals surface area (Å²) in [6, 6.07) is 15.0. The van der Waals surface area contributed by atoms with Crippen LogP contribution in [-0.2, 0) is 4.79 Å². The molecule has 0 radical (unpaired) electrons. The van der Waals surface area contributed by atoms with Crippen molar-refractivity contribution in [1.29, 1.82) is 0 Å². The van der Waals surface area contributed by atoms with Crippen LogP contribution in [0.1, 0.15) is 5.56 Å². The smallest absolute Gasteiger partial charge is 0.248 e. The second-order valence-electron chi connectivity index (χ2n) is 5.61. The first-order valence-electron chi connectivity index (χ1n) is 7.96. The van der Waals surface area contributed by atoms with Gasteiger partial charge in [0.05, 0.1) is 11.4 Å². The molecule has 2 aromatic carbocycles. The van der Waals surface area contributed by atoms with Crippen molar-refractivity contribution < 1.29 is 4.79 Å². The van der Waals surface area contributed by atoms with E-state index in [-0.39, 0.29) is 5.91 Å². The fourth-order valence-corrected chi connectivity index (χ4v) is 3.52. The number of halogens is 1. The van der Waals surface area contributed by atoms with E-state index >= 15 is 0 Å². The van der Waals surface area contributed by atoms with Crippen LogP contribution in [0, 0.1) is 0 Å². The van der Waals surface area contributed by atoms with Gasteiger partial charge in [0.15, 0.2) is 4.96 Å². The van der Waals surface area contributed by atoms with Crippen LogP contribution >= 0.6 is 22.9 Å². The van der Waals surface area contributed by atoms with Gasteiger partial charge in [0.1, 0.15) is 0 Å². The summed E-state index contributed by atoms with van der Waals surface area (Å²) in [6.45, 7) is 0. The van der Waals surface area contributed by atoms with E-state index in [4.69, 9.17) is 11.6 Å². The lowest BCUT2D eigenvalue weighted by Crippen LogP contribution is -2.08. The predicted molar refractivity (Wildman–Crippen MR) is 108 cm³/mol. The number of nitrogens with one attached hydrogen (secondary N) is 1. The SMILES string of the molecule is O=C(C=Cc1ccccc1Cl)Nc1ccccc1-c1cn2ccsc2n1. The van der Waals surface area contributed by atoms with Gasteiger partial charge in [-0.2, -0.15) is 0 Å². The number of imidazole rings is 1. The molecule has 4 nitrogen and oxygen atoms in total. The maximum atomic E-state index is 12.3. The molecule has 4 aromatic rings. The molecule has 1 amide bonds. The van der Waals surface area contributed by atoms with Gasteiger partial charge >= 0.3 is 0 Å². The van der Waals surface area contributed by atoms with E-state index in [1.807, 2.05) is 64.6 Å². The van der Waals surface area contributed by atoms with Gasteiger partial charge in [-0.05, 0) is 23.8 Å². The molecule has 0 atom stereocenters. The number of aromatic nitrogens is 2. The summed E-state index contributed by atoms with van der Waals surface area (Å²) in [5.41, 5.74) is 3.21. The molecule has 26 heavy (non-hydrogen) atoms. The van der Waals surface area contributed by atoms with Crippen molar-refractivity contribution in [3.05, 3.63) is 83.0 Å². The molecule has 0 bridgehead atoms. The number of amides is 1. The van der Waals surface area contributed by atoms with Crippen LogP contribution in [0.15, 0.2) is 72.4 Å². The lowest BCUT2D eigenvalue weighted by molar-refractivity contribution is -0.111. The summed E-state index contributed by atoms with van der Waals surface area (Å²) in [4.78, 5) is 17.9. The Morgan fingerprint density at radius 2 is 1.96 bits per heavy atom. The number of rotatable bonds is 4. The van der Waals surface area contributed by atoms with Crippen molar-refractivity contribution in [2.75, 3.05) is 5.32 Å². The van der Waals surface area contributed by atoms with Gasteiger partial charge in [-0.25, -0.2) is 4.98 Å². The second-order valence-corrected chi connectivity index (χ2v) is 6.89. The van der Waals surface area contributed by atoms with Crippen molar-refractivity contribution in [2.24, 2.45) is 0 Å². The van der Waals surface area contributed by atoms with E-state index in [1.54, 1.807) is 23.5 Å². The number of fused-ring (bicyclic) bond motifs is 1. The number of carbonyl (C=O) groups is 1. The van der Waals surface area contributed by atoms with Gasteiger partial charge in [0.25, 0.3) is 0 Å². The molecule has 1 N–H and O–H groups in total. The predicted octanol–water partition coefficient (Wildman–Crippen LogP) is 5.37. The molecular formula is C20H14ClN3OS. The Hall–Kier alpha value is -2.89. The van der Waals surface area contributed by atoms with Crippen molar-refractivity contribution in [1.82, 2.24) is 9.38 Å². The topological polar surface area (TPSA) is 46.4 Å². The Morgan fingerprint density at radius 3 is 2.81 bits per heavy atom. The minimum Gasteiger partial charge on any atom is -0.322 e. The molecule has 0 unspecified atom stereocenters. The quantitative estimate of drug-likeness (QED) is 0.484. The van der Waals surface area contributed by atoms with Gasteiger partial charge in [-0.1, -0.05) is 48.0 Å². The molecule has 0 fully saturated rings. The minimum absolute atomic E-state index is 0.224. The zero-order valence-corrected chi connectivity index (χ0v) is 15.2. The Morgan fingerprint density at radius 1 is 1.15 bits per heavy atom. The third kappa shape index (κ3) is 3.40. The molecular weight excluding hydrogens is 366 g/mol. The number of carbonyl (C=O) groups excluding carboxylic acids is 1. The number of anilines is 1. The molecule has 128 valence electrons. The highest BCUT2D eigenvalue weighted by Crippen LogP contribution is 2.28. The molecule has 2 aromatic heterocycles. The van der Waals surface area contributed by atoms with Crippen molar-refractivity contribution >= 4 is 45.6 Å². The van der Waals surface area contributed by atoms with Crippen LogP contribution in [0.25, 0.3) is 22.3 Å². The molecule has 0 spiro atoms. The van der Waals surface area contributed by atoms with Crippen LogP contribution in [0.4, 0.5) is 5.69 Å². The summed E-state index contributed by atoms with van der Waals surface area (Å²) in [5, 5.41) is 5.51. The van der Waals surface area contributed by atoms with Crippen molar-refractivity contribution in [3.8, 4) is 11.3 Å². The third-order valence-corrected chi connectivity index (χ3v) is 4.99. The van der Waals surface area contributed by atoms with Crippen molar-refractivity contribution in [3.63, 3.8) is 0 Å². The summed E-state index contributed by atoms with van der Waals surface area (Å²) < 4.78 is 1.97. The van der Waals surface area contributed by atoms with E-state index in [0.717, 1.165) is 21.8 Å². The second kappa shape index (κ2) is 7.15. The lowest BCUT2D eigenvalue weighted by atomic mass is 10.1. The zero-order chi connectivity index (χ0) is 17.9. The van der Waals surface area contributed by atoms with Gasteiger partial charge in [0, 0.05) is 34.4 Å². The van der Waals surface area contributed by atoms with Gasteiger partial charge in [-0.3, -0.25) is 9.20 Å². The van der Waals surface area contributed by atoms with Crippen molar-refractivity contribution in [2.45, 2.75) is 0 Å². The molecule has 0 aliphatic carbocycles. The lowest BCUT2D eigenvalue weighted by Gasteiger charge is -2.07. The molecule has 0 saturated carbocycles. The number of benzene rings is 2. The van der Waals surface area contributed by atoms with E-state index in [1.165, 1.54) is 6.08 Å². The summed E-state index contributed by atoms with van der Waals surface area (Å²) in [5.74, 6) is -0.224. The first-order chi connectivity index (χ1) is 12.7. The average Bonchev–Trinajstić information content (AvgIpc) is 3.23. The van der Waals surface area contributed by atoms with E-state index in [0.29, 0.717) is 10.7 Å². The van der Waals surface area contributed by atoms with Gasteiger partial charge < -0.3 is 5.32 Å². The Bertz CT molecular complexity index is 1080. The number of thiazole rings is 1. The van der Waals surface area contributed by atoms with Crippen LogP contribution < -0.4 is 5.32 Å². The van der Waals surface area contributed by atoms with E-state index < -0.39 is 0 Å². The maximum absolute atomic E-state index is 12.3. The summed E-state index contributed by atoms with van der Waals surface area (Å²) in [6.07, 6.45) is 7.09. The number of hydrogen-bond donors (Lipinski definition) is 1. The number of hydrogen-bond acceptors (Lipinski definition) is 3. The van der Waals surface area contributed by atoms with Crippen LogP contribution in [-0.4, -0.2) is 15.3 Å². The number of nitrogens with zero attached hydrogens (tertiary/aromatic N) is 2. The van der Waals surface area contributed by atoms with E-state index in [9.17, 15) is 4.79 Å². The summed E-state index contributed by atoms with van der Waals surface area (Å²) in [7, 11) is 0. The first-order valence-corrected chi connectivity index (χ1v) is 9.22. The Kier molecular flexibility index (Phi) is 4.56. The molecule has 0 aliphatic rings. The van der Waals surface area contributed by atoms with Crippen LogP contribution in [0.2, 0.25) is 5.02 Å². The van der Waals surface area contributed by atoms with Crippen LogP contribution in [0.5, 0.6) is 0 Å². The largest absolute Gasteiger partial charge is 0.322 e. The molecule has 2 heterocycles. The minimum atomic E-state index is -0.224. The van der Waals surface area contributed by atoms with Gasteiger partial charge in [0.2, 0.25) is 5.91 Å². The fourth-order valence-electron chi connectivity index (χ4n) is 2.62. The highest BCUT2D eigenvalue weighted by atomic mass is 35.5. The molecule has 6 heteroatoms. The Balaban J connectivity index is 1.58. The third-order valence-electron chi connectivity index (χ3n) is 3.87. The molecule has 4 rings (SSSR count). The average molecular weight is 380 g/mol. The number of para-hydroxylation sites is 1. The highest BCUT2D eigenvalue weighted by molar-refractivity contribution is 7.15. The van der Waals surface area contributed by atoms with Gasteiger partial charge in [-0.15, -0.1) is 11.3 Å². The summed E-state index contributed by atoms with van der Waals surface area (Å²) >= 11 is 7.68. The Labute approximate surface area is 159 Å². The standard InChI is InChI=1S/C20H14ClN3OS/c21-16-7-3-1-5-14(16)9-10-19(25)22-17-8-4-2-6-15(17)18-13-24-11-12-26-20(24)23-18/h1-13H,(H,22,25). The maximum Gasteiger partial charge on any atom is 0.248 e. The highest BCUT2D eigenvalue weighted by Gasteiger charge is 2.11. The molecule has 0 aliphatic heterocycles. The van der Waals surface area contributed by atoms with Crippen LogP contribution in [0.3, 0.4) is 0 Å². The fraction of sp³-hybridized carbons (Fsp3) is 0. The van der Waals surface area contributed by atoms with E-state index in [2.05, 4.69) is 10.3 Å².